The number of nitrogens with zero attached hydrogens (tertiary/aromatic N) is 1. The predicted molar refractivity (Wildman–Crippen MR) is 41.6 cm³/mol. The number of hydrogen-bond donors (Lipinski definition) is 2. The van der Waals surface area contributed by atoms with Crippen LogP contribution in [-0.4, -0.2) is 33.7 Å². The van der Waals surface area contributed by atoms with Crippen LogP contribution in [0.1, 0.15) is 27.2 Å². The maximum atomic E-state index is 10.7. The highest BCUT2D eigenvalue weighted by Crippen LogP contribution is 2.03. The van der Waals surface area contributed by atoms with Gasteiger partial charge in [-0.05, 0) is 13.8 Å². The largest absolute Gasteiger partial charge is 0.375 e. The third-order valence-corrected chi connectivity index (χ3v) is 1.23. The average molecular weight is 177 g/mol. The molecule has 0 rings (SSSR count). The van der Waals surface area contributed by atoms with Gasteiger partial charge in [0.25, 0.3) is 0 Å². The van der Waals surface area contributed by atoms with Crippen molar-refractivity contribution in [3.05, 3.63) is 0 Å². The number of carbonyl (C=O) groups is 1. The molecule has 2 unspecified atom stereocenters. The van der Waals surface area contributed by atoms with E-state index in [1.54, 1.807) is 6.92 Å². The zero-order valence-electron chi connectivity index (χ0n) is 7.52. The van der Waals surface area contributed by atoms with E-state index in [0.29, 0.717) is 0 Å². The van der Waals surface area contributed by atoms with Crippen LogP contribution in [0.25, 0.3) is 0 Å². The molecule has 0 aromatic rings. The number of aliphatic hydroxyl groups excluding tert-OH is 2. The van der Waals surface area contributed by atoms with Crippen molar-refractivity contribution in [1.29, 1.82) is 0 Å². The van der Waals surface area contributed by atoms with Gasteiger partial charge in [0.15, 0.2) is 0 Å². The lowest BCUT2D eigenvalue weighted by molar-refractivity contribution is -0.276. The Labute approximate surface area is 71.5 Å². The Bertz CT molecular complexity index is 138. The van der Waals surface area contributed by atoms with Crippen LogP contribution in [-0.2, 0) is 9.63 Å². The molecule has 0 radical (unpaired) electrons. The normalized spacial score (nSPS) is 15.8. The van der Waals surface area contributed by atoms with Crippen LogP contribution in [0.3, 0.4) is 0 Å². The Hall–Kier alpha value is -0.650. The number of hydrogen-bond acceptors (Lipinski definition) is 5. The molecular formula is C7H15NO4. The Morgan fingerprint density at radius 1 is 1.42 bits per heavy atom. The second-order valence-electron chi connectivity index (χ2n) is 2.44. The fraction of sp³-hybridized carbons (Fsp3) is 0.857. The minimum absolute atomic E-state index is 0.204. The summed E-state index contributed by atoms with van der Waals surface area (Å²) in [7, 11) is 0. The molecule has 0 aromatic carbocycles. The van der Waals surface area contributed by atoms with Crippen molar-refractivity contribution in [1.82, 2.24) is 5.06 Å². The van der Waals surface area contributed by atoms with Crippen molar-refractivity contribution in [3.8, 4) is 0 Å². The van der Waals surface area contributed by atoms with Crippen LogP contribution in [0.4, 0.5) is 0 Å². The molecule has 5 nitrogen and oxygen atoms in total. The van der Waals surface area contributed by atoms with Crippen LogP contribution in [0.2, 0.25) is 0 Å². The summed E-state index contributed by atoms with van der Waals surface area (Å²) >= 11 is 0. The number of aliphatic hydroxyl groups is 2. The fourth-order valence-corrected chi connectivity index (χ4v) is 0.647. The van der Waals surface area contributed by atoms with Crippen molar-refractivity contribution >= 4 is 5.97 Å². The van der Waals surface area contributed by atoms with Gasteiger partial charge in [-0.25, -0.2) is 0 Å². The molecule has 2 N–H and O–H groups in total. The minimum atomic E-state index is -1.01. The highest BCUT2D eigenvalue weighted by atomic mass is 16.7. The molecule has 12 heavy (non-hydrogen) atoms. The van der Waals surface area contributed by atoms with E-state index in [9.17, 15) is 4.79 Å². The van der Waals surface area contributed by atoms with E-state index in [1.165, 1.54) is 13.8 Å². The number of carbonyl (C=O) groups excluding carboxylic acids is 1. The lowest BCUT2D eigenvalue weighted by atomic mass is 10.5. The molecule has 0 aromatic heterocycles. The molecule has 72 valence electrons. The molecule has 0 aliphatic heterocycles. The van der Waals surface area contributed by atoms with E-state index in [4.69, 9.17) is 10.2 Å². The fourth-order valence-electron chi connectivity index (χ4n) is 0.647. The van der Waals surface area contributed by atoms with Crippen LogP contribution in [0.5, 0.6) is 0 Å². The maximum Gasteiger partial charge on any atom is 0.325 e. The molecule has 0 bridgehead atoms. The molecule has 0 fully saturated rings. The summed E-state index contributed by atoms with van der Waals surface area (Å²) in [6.45, 7) is 4.43. The van der Waals surface area contributed by atoms with Gasteiger partial charge >= 0.3 is 5.97 Å². The summed E-state index contributed by atoms with van der Waals surface area (Å²) in [6.07, 6.45) is -1.82. The topological polar surface area (TPSA) is 70.0 Å². The van der Waals surface area contributed by atoms with Crippen molar-refractivity contribution in [2.24, 2.45) is 0 Å². The maximum absolute atomic E-state index is 10.7. The van der Waals surface area contributed by atoms with E-state index < -0.39 is 18.4 Å². The SMILES string of the molecule is CCC(=O)ON(C(C)O)C(C)O. The molecule has 0 aliphatic carbocycles. The second kappa shape index (κ2) is 5.08. The molecule has 2 atom stereocenters. The Morgan fingerprint density at radius 3 is 2.08 bits per heavy atom. The lowest BCUT2D eigenvalue weighted by Crippen LogP contribution is -2.41. The Morgan fingerprint density at radius 2 is 1.83 bits per heavy atom. The third-order valence-electron chi connectivity index (χ3n) is 1.23. The Balaban J connectivity index is 4.05. The van der Waals surface area contributed by atoms with Crippen molar-refractivity contribution in [2.75, 3.05) is 0 Å². The van der Waals surface area contributed by atoms with Gasteiger partial charge < -0.3 is 15.1 Å². The van der Waals surface area contributed by atoms with Crippen molar-refractivity contribution < 1.29 is 19.8 Å². The van der Waals surface area contributed by atoms with E-state index in [1.807, 2.05) is 0 Å². The summed E-state index contributed by atoms with van der Waals surface area (Å²) in [6, 6.07) is 0. The first-order valence-corrected chi connectivity index (χ1v) is 3.84. The van der Waals surface area contributed by atoms with E-state index in [2.05, 4.69) is 4.84 Å². The van der Waals surface area contributed by atoms with Crippen LogP contribution in [0, 0.1) is 0 Å². The first-order valence-electron chi connectivity index (χ1n) is 3.84. The zero-order chi connectivity index (χ0) is 9.72. The predicted octanol–water partition coefficient (Wildman–Crippen LogP) is -0.167. The molecule has 0 saturated heterocycles. The van der Waals surface area contributed by atoms with Gasteiger partial charge in [0.05, 0.1) is 0 Å². The molecule has 0 saturated carbocycles. The zero-order valence-corrected chi connectivity index (χ0v) is 7.52. The molecular weight excluding hydrogens is 162 g/mol. The lowest BCUT2D eigenvalue weighted by Gasteiger charge is -2.25. The molecule has 5 heteroatoms. The molecule has 0 heterocycles. The second-order valence-corrected chi connectivity index (χ2v) is 2.44. The van der Waals surface area contributed by atoms with E-state index in [0.717, 1.165) is 5.06 Å². The van der Waals surface area contributed by atoms with Gasteiger partial charge in [-0.15, -0.1) is 0 Å². The first kappa shape index (κ1) is 11.4. The van der Waals surface area contributed by atoms with Crippen LogP contribution < -0.4 is 0 Å². The molecule has 0 aliphatic rings. The highest BCUT2D eigenvalue weighted by molar-refractivity contribution is 5.68. The number of hydroxylamine groups is 2. The van der Waals surface area contributed by atoms with Crippen molar-refractivity contribution in [2.45, 2.75) is 39.6 Å². The summed E-state index contributed by atoms with van der Waals surface area (Å²) in [4.78, 5) is 15.4. The van der Waals surface area contributed by atoms with Crippen LogP contribution in [0.15, 0.2) is 0 Å². The monoisotopic (exact) mass is 177 g/mol. The smallest absolute Gasteiger partial charge is 0.325 e. The quantitative estimate of drug-likeness (QED) is 0.461. The summed E-state index contributed by atoms with van der Waals surface area (Å²) in [5.41, 5.74) is 0. The summed E-state index contributed by atoms with van der Waals surface area (Å²) in [5.74, 6) is -0.489. The van der Waals surface area contributed by atoms with Crippen molar-refractivity contribution in [3.63, 3.8) is 0 Å². The van der Waals surface area contributed by atoms with Gasteiger partial charge in [-0.3, -0.25) is 4.79 Å². The standard InChI is InChI=1S/C7H15NO4/c1-4-7(11)12-8(5(2)9)6(3)10/h5-6,9-10H,4H2,1-3H3. The highest BCUT2D eigenvalue weighted by Gasteiger charge is 2.20. The van der Waals surface area contributed by atoms with E-state index in [-0.39, 0.29) is 6.42 Å². The van der Waals surface area contributed by atoms with Gasteiger partial charge in [0.2, 0.25) is 0 Å². The molecule has 0 spiro atoms. The minimum Gasteiger partial charge on any atom is -0.375 e. The van der Waals surface area contributed by atoms with Gasteiger partial charge in [-0.2, -0.15) is 0 Å². The van der Waals surface area contributed by atoms with Gasteiger partial charge in [0, 0.05) is 6.42 Å². The Kier molecular flexibility index (Phi) is 4.80. The number of rotatable bonds is 4. The molecule has 0 amide bonds. The summed E-state index contributed by atoms with van der Waals surface area (Å²) in [5, 5.41) is 18.9. The van der Waals surface area contributed by atoms with Gasteiger partial charge in [-0.1, -0.05) is 12.0 Å². The van der Waals surface area contributed by atoms with E-state index >= 15 is 0 Å². The third kappa shape index (κ3) is 3.66. The van der Waals surface area contributed by atoms with Crippen LogP contribution >= 0.6 is 0 Å². The first-order chi connectivity index (χ1) is 5.49. The average Bonchev–Trinajstić information content (AvgIpc) is 1.98. The van der Waals surface area contributed by atoms with Gasteiger partial charge in [0.1, 0.15) is 12.5 Å². The summed E-state index contributed by atoms with van der Waals surface area (Å²) < 4.78 is 0.